The average molecular weight is 701 g/mol. The van der Waals surface area contributed by atoms with Gasteiger partial charge in [0.15, 0.2) is 0 Å². The first-order valence-electron chi connectivity index (χ1n) is 20.3. The Kier molecular flexibility index (Phi) is 11.2. The number of hydrogen-bond acceptors (Lipinski definition) is 4. The minimum atomic E-state index is -1.20. The second-order valence-corrected chi connectivity index (χ2v) is 18.5. The number of fused-ring (bicyclic) bond motifs is 5. The number of carboxylic acids is 2. The number of aromatic carboxylic acids is 2. The van der Waals surface area contributed by atoms with E-state index in [1.54, 1.807) is 12.1 Å². The smallest absolute Gasteiger partial charge is 0.339 e. The second kappa shape index (κ2) is 15.1. The van der Waals surface area contributed by atoms with Gasteiger partial charge in [0, 0.05) is 5.92 Å². The molecule has 4 aliphatic carbocycles. The molecule has 2 aromatic rings. The van der Waals surface area contributed by atoms with E-state index in [1.165, 1.54) is 101 Å². The van der Waals surface area contributed by atoms with E-state index < -0.39 is 11.9 Å². The summed E-state index contributed by atoms with van der Waals surface area (Å²) >= 11 is 0. The molecule has 6 heteroatoms. The Hall–Kier alpha value is -3.02. The third-order valence-corrected chi connectivity index (χ3v) is 15.4. The molecule has 6 nitrogen and oxygen atoms in total. The molecule has 6 rings (SSSR count). The van der Waals surface area contributed by atoms with Gasteiger partial charge in [-0.2, -0.15) is 0 Å². The van der Waals surface area contributed by atoms with Gasteiger partial charge >= 0.3 is 11.9 Å². The van der Waals surface area contributed by atoms with Crippen LogP contribution in [0.2, 0.25) is 0 Å². The Labute approximate surface area is 306 Å². The average Bonchev–Trinajstić information content (AvgIpc) is 3.44. The van der Waals surface area contributed by atoms with E-state index in [0.717, 1.165) is 71.8 Å². The van der Waals surface area contributed by atoms with Crippen molar-refractivity contribution in [3.63, 3.8) is 0 Å². The molecule has 4 fully saturated rings. The number of phenols is 2. The molecule has 51 heavy (non-hydrogen) atoms. The highest BCUT2D eigenvalue weighted by Crippen LogP contribution is 2.69. The predicted molar refractivity (Wildman–Crippen MR) is 202 cm³/mol. The molecule has 280 valence electrons. The van der Waals surface area contributed by atoms with Crippen molar-refractivity contribution in [3.8, 4) is 11.5 Å². The van der Waals surface area contributed by atoms with Crippen LogP contribution in [0.4, 0.5) is 0 Å². The fraction of sp³-hybridized carbons (Fsp3) is 0.689. The first-order chi connectivity index (χ1) is 24.2. The summed E-state index contributed by atoms with van der Waals surface area (Å²) in [7, 11) is 0. The lowest BCUT2D eigenvalue weighted by Gasteiger charge is -2.61. The predicted octanol–water partition coefficient (Wildman–Crippen LogP) is 11.5. The molecular formula is C45H64O6. The number of aromatic hydroxyl groups is 2. The zero-order valence-corrected chi connectivity index (χ0v) is 31.9. The summed E-state index contributed by atoms with van der Waals surface area (Å²) < 4.78 is 0. The van der Waals surface area contributed by atoms with Gasteiger partial charge in [-0.1, -0.05) is 78.9 Å². The summed E-state index contributed by atoms with van der Waals surface area (Å²) in [5.74, 6) is 3.45. The molecule has 4 N–H and O–H groups in total. The molecule has 0 amide bonds. The van der Waals surface area contributed by atoms with E-state index in [1.807, 2.05) is 0 Å². The van der Waals surface area contributed by atoms with Crippen molar-refractivity contribution in [2.75, 3.05) is 0 Å². The Morgan fingerprint density at radius 1 is 0.725 bits per heavy atom. The lowest BCUT2D eigenvalue weighted by molar-refractivity contribution is -0.121. The van der Waals surface area contributed by atoms with E-state index in [2.05, 4.69) is 34.6 Å². The molecule has 4 aliphatic rings. The van der Waals surface area contributed by atoms with E-state index in [-0.39, 0.29) is 28.5 Å². The van der Waals surface area contributed by atoms with Crippen molar-refractivity contribution >= 4 is 11.9 Å². The standard InChI is InChI=1S/C45H64O6/c1-27(2)8-6-9-28(3)37-16-17-38-34-15-14-32-24-29(20-22-44(32,4)39(34)21-23-45(37,38)5)10-7-11-33(30-12-18-40(46)35(25-30)42(48)49)31-13-19-41(47)36(26-31)43(50)51/h12-13,18-19,25-29,32-34,37-39,46-47H,6-11,14-17,20-24H2,1-5H3,(H,48,49)(H,50,51)/t28-,29?,32?,34+,37-,38+,39+,44+,45-/m1/s1. The topological polar surface area (TPSA) is 115 Å². The van der Waals surface area contributed by atoms with Gasteiger partial charge < -0.3 is 20.4 Å². The first-order valence-corrected chi connectivity index (χ1v) is 20.3. The molecule has 2 aromatic carbocycles. The number of hydrogen-bond donors (Lipinski definition) is 4. The van der Waals surface area contributed by atoms with Crippen molar-refractivity contribution < 1.29 is 30.0 Å². The van der Waals surface area contributed by atoms with Crippen LogP contribution in [-0.2, 0) is 0 Å². The van der Waals surface area contributed by atoms with Gasteiger partial charge in [-0.15, -0.1) is 0 Å². The number of carboxylic acid groups (broad SMARTS) is 2. The Bertz CT molecular complexity index is 1500. The van der Waals surface area contributed by atoms with Crippen molar-refractivity contribution in [3.05, 3.63) is 58.7 Å². The summed E-state index contributed by atoms with van der Waals surface area (Å²) in [6, 6.07) is 9.32. The van der Waals surface area contributed by atoms with Crippen LogP contribution in [0.1, 0.15) is 169 Å². The van der Waals surface area contributed by atoms with E-state index in [0.29, 0.717) is 16.7 Å². The summed E-state index contributed by atoms with van der Waals surface area (Å²) in [5.41, 5.74) is 2.10. The lowest BCUT2D eigenvalue weighted by Crippen LogP contribution is -2.53. The highest BCUT2D eigenvalue weighted by Gasteiger charge is 2.60. The number of carbonyl (C=O) groups is 2. The van der Waals surface area contributed by atoms with Gasteiger partial charge in [-0.25, -0.2) is 9.59 Å². The molecule has 0 aliphatic heterocycles. The molecule has 0 bridgehead atoms. The first kappa shape index (κ1) is 37.7. The molecule has 0 aromatic heterocycles. The molecule has 2 unspecified atom stereocenters. The van der Waals surface area contributed by atoms with Gasteiger partial charge in [0.25, 0.3) is 0 Å². The summed E-state index contributed by atoms with van der Waals surface area (Å²) in [6.45, 7) is 12.7. The van der Waals surface area contributed by atoms with E-state index in [9.17, 15) is 30.0 Å². The maximum Gasteiger partial charge on any atom is 0.339 e. The van der Waals surface area contributed by atoms with Crippen LogP contribution < -0.4 is 0 Å². The number of rotatable bonds is 13. The summed E-state index contributed by atoms with van der Waals surface area (Å²) in [5, 5.41) is 39.8. The maximum atomic E-state index is 11.9. The van der Waals surface area contributed by atoms with Crippen molar-refractivity contribution in [1.29, 1.82) is 0 Å². The second-order valence-electron chi connectivity index (χ2n) is 18.5. The van der Waals surface area contributed by atoms with Crippen LogP contribution >= 0.6 is 0 Å². The van der Waals surface area contributed by atoms with Crippen LogP contribution in [0.3, 0.4) is 0 Å². The minimum Gasteiger partial charge on any atom is -0.507 e. The van der Waals surface area contributed by atoms with Crippen LogP contribution in [0.5, 0.6) is 11.5 Å². The van der Waals surface area contributed by atoms with Gasteiger partial charge in [0.05, 0.1) is 0 Å². The molecule has 9 atom stereocenters. The SMILES string of the molecule is CC(C)CCC[C@@H](C)[C@H]1CC[C@H]2[C@@H]3CCC4CC(CCCC(c5ccc(O)c(C(=O)O)c5)c5ccc(O)c(C(=O)O)c5)CC[C@]4(C)[C@H]3CC[C@]12C. The van der Waals surface area contributed by atoms with Crippen molar-refractivity contribution in [2.45, 2.75) is 137 Å². The van der Waals surface area contributed by atoms with Crippen LogP contribution in [0, 0.1) is 58.2 Å². The molecule has 0 heterocycles. The fourth-order valence-corrected chi connectivity index (χ4v) is 12.7. The molecule has 4 saturated carbocycles. The number of benzene rings is 2. The quantitative estimate of drug-likeness (QED) is 0.165. The zero-order valence-electron chi connectivity index (χ0n) is 31.9. The Balaban J connectivity index is 1.10. The van der Waals surface area contributed by atoms with E-state index in [4.69, 9.17) is 0 Å². The normalized spacial score (nSPS) is 32.3. The van der Waals surface area contributed by atoms with Gasteiger partial charge in [-0.05, 0) is 158 Å². The van der Waals surface area contributed by atoms with E-state index >= 15 is 0 Å². The molecule has 0 radical (unpaired) electrons. The Morgan fingerprint density at radius 3 is 1.94 bits per heavy atom. The third-order valence-electron chi connectivity index (χ3n) is 15.4. The monoisotopic (exact) mass is 700 g/mol. The van der Waals surface area contributed by atoms with Crippen LogP contribution in [0.25, 0.3) is 0 Å². The van der Waals surface area contributed by atoms with Crippen LogP contribution in [-0.4, -0.2) is 32.4 Å². The molecular weight excluding hydrogens is 636 g/mol. The lowest BCUT2D eigenvalue weighted by atomic mass is 9.44. The summed E-state index contributed by atoms with van der Waals surface area (Å²) in [4.78, 5) is 23.7. The Morgan fingerprint density at radius 2 is 1.33 bits per heavy atom. The maximum absolute atomic E-state index is 11.9. The van der Waals surface area contributed by atoms with Gasteiger partial charge in [0.1, 0.15) is 22.6 Å². The third kappa shape index (κ3) is 7.45. The largest absolute Gasteiger partial charge is 0.507 e. The van der Waals surface area contributed by atoms with Crippen molar-refractivity contribution in [2.24, 2.45) is 58.2 Å². The van der Waals surface area contributed by atoms with Crippen LogP contribution in [0.15, 0.2) is 36.4 Å². The van der Waals surface area contributed by atoms with Crippen molar-refractivity contribution in [1.82, 2.24) is 0 Å². The molecule has 0 spiro atoms. The molecule has 0 saturated heterocycles. The van der Waals surface area contributed by atoms with Gasteiger partial charge in [0.2, 0.25) is 0 Å². The zero-order chi connectivity index (χ0) is 36.7. The highest BCUT2D eigenvalue weighted by molar-refractivity contribution is 5.91. The summed E-state index contributed by atoms with van der Waals surface area (Å²) in [6.07, 6.45) is 19.3. The van der Waals surface area contributed by atoms with Gasteiger partial charge in [-0.3, -0.25) is 0 Å². The fourth-order valence-electron chi connectivity index (χ4n) is 12.7. The minimum absolute atomic E-state index is 0.163. The highest BCUT2D eigenvalue weighted by atomic mass is 16.4.